The molecule has 0 spiro atoms. The van der Waals surface area contributed by atoms with E-state index in [2.05, 4.69) is 0 Å². The second kappa shape index (κ2) is 6.91. The molecule has 1 heterocycles. The Morgan fingerprint density at radius 1 is 1.23 bits per heavy atom. The van der Waals surface area contributed by atoms with Crippen LogP contribution in [0.25, 0.3) is 0 Å². The third-order valence-electron chi connectivity index (χ3n) is 3.81. The highest BCUT2D eigenvalue weighted by atomic mass is 35.5. The molecule has 0 aromatic heterocycles. The zero-order valence-corrected chi connectivity index (χ0v) is 14.1. The number of nitrogens with zero attached hydrogens (tertiary/aromatic N) is 2. The predicted molar refractivity (Wildman–Crippen MR) is 85.8 cm³/mol. The van der Waals surface area contributed by atoms with Crippen molar-refractivity contribution in [2.45, 2.75) is 37.6 Å². The Morgan fingerprint density at radius 3 is 2.23 bits per heavy atom. The van der Waals surface area contributed by atoms with E-state index in [0.29, 0.717) is 37.1 Å². The standard InChI is InChI=1S/C13H19N3O4S.ClH/c1-9-3-4-10(2)13(12(9)16(17)18)21(19,20)15-7-5-11(14)6-8-15;/h3-4,11H,5-8,14H2,1-2H3;1H. The Kier molecular flexibility index (Phi) is 5.91. The lowest BCUT2D eigenvalue weighted by Gasteiger charge is -2.29. The van der Waals surface area contributed by atoms with Gasteiger partial charge in [-0.15, -0.1) is 12.4 Å². The van der Waals surface area contributed by atoms with E-state index in [1.807, 2.05) is 0 Å². The van der Waals surface area contributed by atoms with Gasteiger partial charge in [0.1, 0.15) is 0 Å². The van der Waals surface area contributed by atoms with E-state index in [9.17, 15) is 18.5 Å². The highest BCUT2D eigenvalue weighted by Gasteiger charge is 2.36. The number of piperidine rings is 1. The molecule has 1 fully saturated rings. The Balaban J connectivity index is 0.00000242. The number of nitro groups is 1. The van der Waals surface area contributed by atoms with Crippen molar-refractivity contribution in [1.29, 1.82) is 0 Å². The molecule has 0 bridgehead atoms. The predicted octanol–water partition coefficient (Wildman–Crippen LogP) is 1.75. The molecule has 1 aromatic rings. The number of nitrogens with two attached hydrogens (primary N) is 1. The van der Waals surface area contributed by atoms with Crippen molar-refractivity contribution in [3.63, 3.8) is 0 Å². The van der Waals surface area contributed by atoms with Crippen LogP contribution < -0.4 is 5.73 Å². The molecule has 22 heavy (non-hydrogen) atoms. The maximum Gasteiger partial charge on any atom is 0.292 e. The first-order chi connectivity index (χ1) is 9.75. The largest absolute Gasteiger partial charge is 0.328 e. The van der Waals surface area contributed by atoms with Crippen molar-refractivity contribution in [2.24, 2.45) is 5.73 Å². The molecule has 0 radical (unpaired) electrons. The monoisotopic (exact) mass is 349 g/mol. The molecule has 0 aliphatic carbocycles. The number of hydrogen-bond donors (Lipinski definition) is 1. The summed E-state index contributed by atoms with van der Waals surface area (Å²) in [5.41, 5.74) is 6.19. The van der Waals surface area contributed by atoms with E-state index >= 15 is 0 Å². The summed E-state index contributed by atoms with van der Waals surface area (Å²) in [6.45, 7) is 3.72. The Morgan fingerprint density at radius 2 is 1.73 bits per heavy atom. The molecular formula is C13H20ClN3O4S. The number of hydrogen-bond acceptors (Lipinski definition) is 5. The smallest absolute Gasteiger partial charge is 0.292 e. The summed E-state index contributed by atoms with van der Waals surface area (Å²) in [5, 5.41) is 11.3. The zero-order chi connectivity index (χ0) is 15.8. The fraction of sp³-hybridized carbons (Fsp3) is 0.538. The van der Waals surface area contributed by atoms with Gasteiger partial charge in [0.2, 0.25) is 10.0 Å². The van der Waals surface area contributed by atoms with Gasteiger partial charge >= 0.3 is 0 Å². The highest BCUT2D eigenvalue weighted by molar-refractivity contribution is 7.89. The van der Waals surface area contributed by atoms with Gasteiger partial charge in [-0.05, 0) is 32.3 Å². The summed E-state index contributed by atoms with van der Waals surface area (Å²) in [6.07, 6.45) is 1.13. The molecule has 2 rings (SSSR count). The SMILES string of the molecule is Cc1ccc(C)c(S(=O)(=O)N2CCC(N)CC2)c1[N+](=O)[O-].Cl. The van der Waals surface area contributed by atoms with Crippen LogP contribution in [0.3, 0.4) is 0 Å². The first-order valence-corrected chi connectivity index (χ1v) is 8.19. The van der Waals surface area contributed by atoms with Crippen LogP contribution in [0.1, 0.15) is 24.0 Å². The van der Waals surface area contributed by atoms with E-state index in [4.69, 9.17) is 5.73 Å². The maximum absolute atomic E-state index is 12.8. The van der Waals surface area contributed by atoms with Gasteiger partial charge in [0.15, 0.2) is 4.90 Å². The normalized spacial score (nSPS) is 17.0. The molecule has 1 saturated heterocycles. The minimum atomic E-state index is -3.88. The van der Waals surface area contributed by atoms with E-state index in [-0.39, 0.29) is 29.0 Å². The van der Waals surface area contributed by atoms with Crippen molar-refractivity contribution in [1.82, 2.24) is 4.31 Å². The van der Waals surface area contributed by atoms with Crippen LogP contribution in [0.15, 0.2) is 17.0 Å². The summed E-state index contributed by atoms with van der Waals surface area (Å²) >= 11 is 0. The van der Waals surface area contributed by atoms with Crippen LogP contribution >= 0.6 is 12.4 Å². The van der Waals surface area contributed by atoms with Crippen molar-refractivity contribution in [3.05, 3.63) is 33.4 Å². The van der Waals surface area contributed by atoms with Crippen LogP contribution in [-0.4, -0.2) is 36.8 Å². The van der Waals surface area contributed by atoms with Gasteiger partial charge in [-0.2, -0.15) is 4.31 Å². The van der Waals surface area contributed by atoms with Crippen LogP contribution in [0, 0.1) is 24.0 Å². The van der Waals surface area contributed by atoms with E-state index in [1.165, 1.54) is 4.31 Å². The molecule has 1 aliphatic rings. The third kappa shape index (κ3) is 3.40. The van der Waals surface area contributed by atoms with Crippen LogP contribution in [0.5, 0.6) is 0 Å². The van der Waals surface area contributed by atoms with E-state index < -0.39 is 14.9 Å². The lowest BCUT2D eigenvalue weighted by Crippen LogP contribution is -2.43. The molecule has 0 amide bonds. The first kappa shape index (κ1) is 18.8. The van der Waals surface area contributed by atoms with Crippen molar-refractivity contribution in [3.8, 4) is 0 Å². The van der Waals surface area contributed by atoms with Gasteiger partial charge in [-0.25, -0.2) is 8.42 Å². The van der Waals surface area contributed by atoms with Gasteiger partial charge in [0.05, 0.1) is 4.92 Å². The average molecular weight is 350 g/mol. The average Bonchev–Trinajstić information content (AvgIpc) is 2.41. The van der Waals surface area contributed by atoms with E-state index in [0.717, 1.165) is 0 Å². The third-order valence-corrected chi connectivity index (χ3v) is 5.89. The molecule has 7 nitrogen and oxygen atoms in total. The second-order valence-corrected chi connectivity index (χ2v) is 7.25. The number of nitro benzene ring substituents is 1. The van der Waals surface area contributed by atoms with Crippen LogP contribution in [-0.2, 0) is 10.0 Å². The lowest BCUT2D eigenvalue weighted by molar-refractivity contribution is -0.388. The number of halogens is 1. The van der Waals surface area contributed by atoms with Gasteiger partial charge in [-0.3, -0.25) is 10.1 Å². The van der Waals surface area contributed by atoms with Crippen molar-refractivity contribution in [2.75, 3.05) is 13.1 Å². The quantitative estimate of drug-likeness (QED) is 0.660. The van der Waals surface area contributed by atoms with Gasteiger partial charge in [0, 0.05) is 24.7 Å². The topological polar surface area (TPSA) is 107 Å². The molecule has 0 atom stereocenters. The molecule has 124 valence electrons. The molecular weight excluding hydrogens is 330 g/mol. The number of aryl methyl sites for hydroxylation is 2. The van der Waals surface area contributed by atoms with Gasteiger partial charge < -0.3 is 5.73 Å². The molecule has 9 heteroatoms. The zero-order valence-electron chi connectivity index (χ0n) is 12.5. The molecule has 2 N–H and O–H groups in total. The molecule has 1 aromatic carbocycles. The summed E-state index contributed by atoms with van der Waals surface area (Å²) in [5.74, 6) is 0. The second-order valence-electron chi connectivity index (χ2n) is 5.38. The van der Waals surface area contributed by atoms with Gasteiger partial charge in [-0.1, -0.05) is 12.1 Å². The first-order valence-electron chi connectivity index (χ1n) is 6.75. The van der Waals surface area contributed by atoms with Crippen molar-refractivity contribution >= 4 is 28.1 Å². The summed E-state index contributed by atoms with van der Waals surface area (Å²) in [7, 11) is -3.88. The van der Waals surface area contributed by atoms with Crippen LogP contribution in [0.4, 0.5) is 5.69 Å². The Bertz CT molecular complexity index is 670. The molecule has 0 saturated carbocycles. The minimum absolute atomic E-state index is 0. The minimum Gasteiger partial charge on any atom is -0.328 e. The maximum atomic E-state index is 12.8. The Labute approximate surface area is 136 Å². The lowest BCUT2D eigenvalue weighted by atomic mass is 10.1. The summed E-state index contributed by atoms with van der Waals surface area (Å²) in [4.78, 5) is 10.5. The number of sulfonamides is 1. The van der Waals surface area contributed by atoms with Gasteiger partial charge in [0.25, 0.3) is 5.69 Å². The fourth-order valence-electron chi connectivity index (χ4n) is 2.57. The van der Waals surface area contributed by atoms with E-state index in [1.54, 1.807) is 26.0 Å². The summed E-state index contributed by atoms with van der Waals surface area (Å²) < 4.78 is 26.8. The van der Waals surface area contributed by atoms with Crippen LogP contribution in [0.2, 0.25) is 0 Å². The highest BCUT2D eigenvalue weighted by Crippen LogP contribution is 2.33. The molecule has 0 unspecified atom stereocenters. The number of rotatable bonds is 3. The fourth-order valence-corrected chi connectivity index (χ4v) is 4.47. The Hall–Kier alpha value is -1.22. The van der Waals surface area contributed by atoms with Crippen molar-refractivity contribution < 1.29 is 13.3 Å². The summed E-state index contributed by atoms with van der Waals surface area (Å²) in [6, 6.07) is 3.16. The number of benzene rings is 1. The molecule has 1 aliphatic heterocycles.